The molecule has 1 aromatic heterocycles. The van der Waals surface area contributed by atoms with E-state index < -0.39 is 0 Å². The summed E-state index contributed by atoms with van der Waals surface area (Å²) in [5.41, 5.74) is 1.15. The molecule has 1 aliphatic heterocycles. The topological polar surface area (TPSA) is 29.9 Å². The van der Waals surface area contributed by atoms with Crippen LogP contribution in [0.3, 0.4) is 0 Å². The molecule has 0 fully saturated rings. The average Bonchev–Trinajstić information content (AvgIpc) is 2.44. The molecule has 0 saturated carbocycles. The van der Waals surface area contributed by atoms with Crippen LogP contribution in [0.25, 0.3) is 0 Å². The molecule has 0 radical (unpaired) electrons. The minimum atomic E-state index is 0.472. The predicted molar refractivity (Wildman–Crippen MR) is 61.7 cm³/mol. The van der Waals surface area contributed by atoms with Crippen LogP contribution in [-0.2, 0) is 6.54 Å². The lowest BCUT2D eigenvalue weighted by Gasteiger charge is -2.22. The minimum Gasteiger partial charge on any atom is -0.367 e. The number of hydrogen-bond acceptors (Lipinski definition) is 2. The zero-order chi connectivity index (χ0) is 10.3. The van der Waals surface area contributed by atoms with Gasteiger partial charge in [0.15, 0.2) is 0 Å². The van der Waals surface area contributed by atoms with Crippen molar-refractivity contribution in [1.29, 1.82) is 0 Å². The molecule has 0 saturated heterocycles. The van der Waals surface area contributed by atoms with Crippen LogP contribution >= 0.6 is 15.9 Å². The molecule has 4 heteroatoms. The van der Waals surface area contributed by atoms with Crippen molar-refractivity contribution in [3.05, 3.63) is 10.2 Å². The number of hydrogen-bond donors (Lipinski definition) is 1. The molecule has 1 aromatic rings. The van der Waals surface area contributed by atoms with Crippen molar-refractivity contribution < 1.29 is 0 Å². The maximum atomic E-state index is 4.59. The van der Waals surface area contributed by atoms with Crippen LogP contribution in [0.1, 0.15) is 38.8 Å². The summed E-state index contributed by atoms with van der Waals surface area (Å²) in [4.78, 5) is 0. The molecule has 0 aliphatic carbocycles. The van der Waals surface area contributed by atoms with Gasteiger partial charge in [-0.05, 0) is 35.2 Å². The fourth-order valence-electron chi connectivity index (χ4n) is 1.75. The summed E-state index contributed by atoms with van der Waals surface area (Å²) >= 11 is 3.62. The molecule has 78 valence electrons. The van der Waals surface area contributed by atoms with Crippen molar-refractivity contribution in [3.63, 3.8) is 0 Å². The maximum absolute atomic E-state index is 4.59. The third-order valence-corrected chi connectivity index (χ3v) is 3.41. The molecule has 2 rings (SSSR count). The van der Waals surface area contributed by atoms with Crippen molar-refractivity contribution in [3.8, 4) is 0 Å². The van der Waals surface area contributed by atoms with E-state index in [1.54, 1.807) is 0 Å². The van der Waals surface area contributed by atoms with Gasteiger partial charge < -0.3 is 5.32 Å². The van der Waals surface area contributed by atoms with Crippen LogP contribution in [0.2, 0.25) is 0 Å². The van der Waals surface area contributed by atoms with E-state index in [0.717, 1.165) is 29.0 Å². The van der Waals surface area contributed by atoms with Gasteiger partial charge >= 0.3 is 0 Å². The zero-order valence-corrected chi connectivity index (χ0v) is 10.4. The van der Waals surface area contributed by atoms with Crippen LogP contribution in [0, 0.1) is 0 Å². The third-order valence-electron chi connectivity index (χ3n) is 2.62. The summed E-state index contributed by atoms with van der Waals surface area (Å²) in [5, 5.41) is 8.05. The lowest BCUT2D eigenvalue weighted by Crippen LogP contribution is -2.26. The number of nitrogens with one attached hydrogen (secondary N) is 1. The summed E-state index contributed by atoms with van der Waals surface area (Å²) in [6.07, 6.45) is 1.15. The van der Waals surface area contributed by atoms with E-state index in [2.05, 4.69) is 51.8 Å². The Balaban J connectivity index is 2.41. The summed E-state index contributed by atoms with van der Waals surface area (Å²) in [7, 11) is 0. The normalized spacial score (nSPS) is 20.8. The van der Waals surface area contributed by atoms with Gasteiger partial charge in [-0.2, -0.15) is 5.10 Å². The Morgan fingerprint density at radius 2 is 2.29 bits per heavy atom. The lowest BCUT2D eigenvalue weighted by molar-refractivity contribution is 0.506. The van der Waals surface area contributed by atoms with Crippen LogP contribution in [0.5, 0.6) is 0 Å². The maximum Gasteiger partial charge on any atom is 0.139 e. The number of halogens is 1. The molecule has 1 atom stereocenters. The summed E-state index contributed by atoms with van der Waals surface area (Å²) < 4.78 is 3.21. The summed E-state index contributed by atoms with van der Waals surface area (Å²) in [6.45, 7) is 7.57. The van der Waals surface area contributed by atoms with Crippen LogP contribution < -0.4 is 5.32 Å². The van der Waals surface area contributed by atoms with Crippen molar-refractivity contribution >= 4 is 21.7 Å². The highest BCUT2D eigenvalue weighted by atomic mass is 79.9. The Labute approximate surface area is 93.0 Å². The van der Waals surface area contributed by atoms with E-state index in [4.69, 9.17) is 0 Å². The molecular weight excluding hydrogens is 242 g/mol. The second kappa shape index (κ2) is 3.57. The van der Waals surface area contributed by atoms with Crippen LogP contribution in [0.4, 0.5) is 5.82 Å². The van der Waals surface area contributed by atoms with Gasteiger partial charge in [0.25, 0.3) is 0 Å². The van der Waals surface area contributed by atoms with E-state index in [1.807, 2.05) is 0 Å². The molecule has 14 heavy (non-hydrogen) atoms. The molecule has 1 N–H and O–H groups in total. The molecule has 1 unspecified atom stereocenters. The van der Waals surface area contributed by atoms with Gasteiger partial charge in [-0.1, -0.05) is 13.8 Å². The third kappa shape index (κ3) is 1.56. The quantitative estimate of drug-likeness (QED) is 0.839. The number of anilines is 1. The highest BCUT2D eigenvalue weighted by Crippen LogP contribution is 2.33. The van der Waals surface area contributed by atoms with Gasteiger partial charge in [0.1, 0.15) is 5.82 Å². The molecule has 3 nitrogen and oxygen atoms in total. The number of aromatic nitrogens is 2. The van der Waals surface area contributed by atoms with Crippen LogP contribution in [-0.4, -0.2) is 15.8 Å². The summed E-state index contributed by atoms with van der Waals surface area (Å²) in [6, 6.07) is 0.551. The molecule has 2 heterocycles. The second-order valence-electron chi connectivity index (χ2n) is 4.26. The van der Waals surface area contributed by atoms with Crippen molar-refractivity contribution in [2.45, 2.75) is 45.7 Å². The first kappa shape index (κ1) is 10.0. The first-order chi connectivity index (χ1) is 6.59. The van der Waals surface area contributed by atoms with Crippen molar-refractivity contribution in [2.24, 2.45) is 0 Å². The SMILES string of the molecule is CC1CCn2nc(C(C)C)c(Br)c2N1. The standard InChI is InChI=1S/C10H16BrN3/c1-6(2)9-8(11)10-12-7(3)4-5-14(10)13-9/h6-7,12H,4-5H2,1-3H3. The van der Waals surface area contributed by atoms with Gasteiger partial charge in [0, 0.05) is 12.6 Å². The first-order valence-electron chi connectivity index (χ1n) is 5.12. The highest BCUT2D eigenvalue weighted by molar-refractivity contribution is 9.10. The fourth-order valence-corrected chi connectivity index (χ4v) is 2.60. The Hall–Kier alpha value is -0.510. The van der Waals surface area contributed by atoms with E-state index in [0.29, 0.717) is 12.0 Å². The Kier molecular flexibility index (Phi) is 2.56. The molecular formula is C10H16BrN3. The van der Waals surface area contributed by atoms with Gasteiger partial charge in [-0.15, -0.1) is 0 Å². The first-order valence-corrected chi connectivity index (χ1v) is 5.91. The average molecular weight is 258 g/mol. The van der Waals surface area contributed by atoms with E-state index in [-0.39, 0.29) is 0 Å². The van der Waals surface area contributed by atoms with E-state index >= 15 is 0 Å². The molecule has 0 amide bonds. The number of aryl methyl sites for hydroxylation is 1. The van der Waals surface area contributed by atoms with Crippen molar-refractivity contribution in [2.75, 3.05) is 5.32 Å². The van der Waals surface area contributed by atoms with Gasteiger partial charge in [0.05, 0.1) is 10.2 Å². The largest absolute Gasteiger partial charge is 0.367 e. The number of nitrogens with zero attached hydrogens (tertiary/aromatic N) is 2. The number of fused-ring (bicyclic) bond motifs is 1. The van der Waals surface area contributed by atoms with Gasteiger partial charge in [-0.3, -0.25) is 0 Å². The highest BCUT2D eigenvalue weighted by Gasteiger charge is 2.22. The van der Waals surface area contributed by atoms with E-state index in [9.17, 15) is 0 Å². The van der Waals surface area contributed by atoms with E-state index in [1.165, 1.54) is 0 Å². The smallest absolute Gasteiger partial charge is 0.139 e. The Morgan fingerprint density at radius 3 is 2.93 bits per heavy atom. The molecule has 0 bridgehead atoms. The Morgan fingerprint density at radius 1 is 1.57 bits per heavy atom. The molecule has 0 spiro atoms. The van der Waals surface area contributed by atoms with Crippen LogP contribution in [0.15, 0.2) is 4.47 Å². The fraction of sp³-hybridized carbons (Fsp3) is 0.700. The zero-order valence-electron chi connectivity index (χ0n) is 8.84. The number of rotatable bonds is 1. The minimum absolute atomic E-state index is 0.472. The summed E-state index contributed by atoms with van der Waals surface area (Å²) in [5.74, 6) is 1.62. The predicted octanol–water partition coefficient (Wildman–Crippen LogP) is 2.97. The monoisotopic (exact) mass is 257 g/mol. The van der Waals surface area contributed by atoms with Gasteiger partial charge in [0.2, 0.25) is 0 Å². The molecule has 0 aromatic carbocycles. The lowest BCUT2D eigenvalue weighted by atomic mass is 10.1. The Bertz CT molecular complexity index is 343. The van der Waals surface area contributed by atoms with Gasteiger partial charge in [-0.25, -0.2) is 4.68 Å². The molecule has 1 aliphatic rings. The second-order valence-corrected chi connectivity index (χ2v) is 5.05. The van der Waals surface area contributed by atoms with Crippen molar-refractivity contribution in [1.82, 2.24) is 9.78 Å².